The normalized spacial score (nSPS) is 9.71. The molecular formula is C12H10N2. The van der Waals surface area contributed by atoms with E-state index in [0.29, 0.717) is 5.82 Å². The Morgan fingerprint density at radius 3 is 2.71 bits per heavy atom. The molecule has 0 unspecified atom stereocenters. The van der Waals surface area contributed by atoms with E-state index >= 15 is 0 Å². The molecule has 0 spiro atoms. The summed E-state index contributed by atoms with van der Waals surface area (Å²) < 4.78 is 0. The van der Waals surface area contributed by atoms with Gasteiger partial charge in [-0.3, -0.25) is 0 Å². The fourth-order valence-corrected chi connectivity index (χ4v) is 1.46. The zero-order chi connectivity index (χ0) is 9.97. The van der Waals surface area contributed by atoms with Crippen molar-refractivity contribution < 1.29 is 0 Å². The molecule has 0 aliphatic carbocycles. The van der Waals surface area contributed by atoms with Crippen LogP contribution in [-0.4, -0.2) is 4.98 Å². The number of pyridine rings is 1. The van der Waals surface area contributed by atoms with E-state index < -0.39 is 0 Å². The van der Waals surface area contributed by atoms with Gasteiger partial charge in [0.25, 0.3) is 0 Å². The van der Waals surface area contributed by atoms with Gasteiger partial charge in [0.15, 0.2) is 0 Å². The molecule has 2 nitrogen and oxygen atoms in total. The van der Waals surface area contributed by atoms with Gasteiger partial charge < -0.3 is 5.73 Å². The number of benzene rings is 1. The van der Waals surface area contributed by atoms with E-state index in [4.69, 9.17) is 5.73 Å². The predicted octanol–water partition coefficient (Wildman–Crippen LogP) is 2.62. The summed E-state index contributed by atoms with van der Waals surface area (Å²) in [5.74, 6) is 0.557. The van der Waals surface area contributed by atoms with Crippen LogP contribution in [0.5, 0.6) is 0 Å². The topological polar surface area (TPSA) is 38.9 Å². The van der Waals surface area contributed by atoms with Crippen LogP contribution in [-0.2, 0) is 0 Å². The van der Waals surface area contributed by atoms with E-state index in [2.05, 4.69) is 17.3 Å². The van der Waals surface area contributed by atoms with E-state index in [1.165, 1.54) is 0 Å². The highest BCUT2D eigenvalue weighted by molar-refractivity contribution is 5.96. The fraction of sp³-hybridized carbons (Fsp3) is 0. The van der Waals surface area contributed by atoms with Gasteiger partial charge in [0.1, 0.15) is 5.82 Å². The number of nitrogen functional groups attached to an aromatic ring is 1. The summed E-state index contributed by atoms with van der Waals surface area (Å²) in [5.41, 5.74) is 9.49. The Morgan fingerprint density at radius 2 is 2.00 bits per heavy atom. The predicted molar refractivity (Wildman–Crippen MR) is 59.8 cm³/mol. The van der Waals surface area contributed by atoms with Crippen LogP contribution in [0.3, 0.4) is 0 Å². The van der Waals surface area contributed by atoms with E-state index in [-0.39, 0.29) is 0 Å². The molecule has 0 fully saturated rings. The van der Waals surface area contributed by atoms with Crippen molar-refractivity contribution in [1.82, 2.24) is 4.98 Å². The Bertz CT molecular complexity index is 523. The number of anilines is 1. The molecule has 0 amide bonds. The summed E-state index contributed by atoms with van der Waals surface area (Å²) in [4.78, 5) is 4.10. The van der Waals surface area contributed by atoms with Crippen molar-refractivity contribution in [3.8, 4) is 0 Å². The third-order valence-corrected chi connectivity index (χ3v) is 2.11. The Kier molecular flexibility index (Phi) is 2.05. The van der Waals surface area contributed by atoms with Crippen LogP contribution in [0.25, 0.3) is 16.8 Å². The van der Waals surface area contributed by atoms with Crippen LogP contribution < -0.4 is 5.73 Å². The van der Waals surface area contributed by atoms with Gasteiger partial charge in [0, 0.05) is 17.1 Å². The van der Waals surface area contributed by atoms with Gasteiger partial charge in [-0.05, 0) is 11.5 Å². The molecule has 1 aromatic carbocycles. The van der Waals surface area contributed by atoms with Gasteiger partial charge in [-0.1, -0.05) is 30.8 Å². The van der Waals surface area contributed by atoms with Crippen LogP contribution in [0, 0.1) is 0 Å². The molecule has 0 saturated carbocycles. The summed E-state index contributed by atoms with van der Waals surface area (Å²) in [7, 11) is 0. The fourth-order valence-electron chi connectivity index (χ4n) is 1.46. The molecule has 0 aliphatic heterocycles. The molecule has 2 N–H and O–H groups in total. The molecule has 2 aromatic rings. The maximum Gasteiger partial charge on any atom is 0.131 e. The summed E-state index contributed by atoms with van der Waals surface area (Å²) in [5, 5.41) is 2.05. The van der Waals surface area contributed by atoms with E-state index in [1.54, 1.807) is 12.3 Å². The third-order valence-electron chi connectivity index (χ3n) is 2.11. The number of fused-ring (bicyclic) bond motifs is 1. The lowest BCUT2D eigenvalue weighted by atomic mass is 10.1. The summed E-state index contributed by atoms with van der Waals surface area (Å²) in [6.45, 7) is 3.55. The maximum absolute atomic E-state index is 5.76. The number of hydrogen-bond donors (Lipinski definition) is 1. The monoisotopic (exact) mass is 182 g/mol. The Labute approximate surface area is 82.4 Å². The minimum atomic E-state index is 0.557. The second-order valence-electron chi connectivity index (χ2n) is 2.99. The molecule has 0 bridgehead atoms. The number of aromatic nitrogens is 1. The standard InChI is InChI=1S/C12H10N2/c1-2-5-9-8-14-12(13)11-7-4-3-6-10(9)11/h3-8H,1H2,(H2,13,14). The zero-order valence-electron chi connectivity index (χ0n) is 7.70. The molecule has 1 aromatic heterocycles. The van der Waals surface area contributed by atoms with E-state index in [1.807, 2.05) is 24.3 Å². The molecule has 68 valence electrons. The highest BCUT2D eigenvalue weighted by Gasteiger charge is 2.01. The number of nitrogens with two attached hydrogens (primary N) is 1. The Morgan fingerprint density at radius 1 is 1.29 bits per heavy atom. The molecule has 0 aliphatic rings. The van der Waals surface area contributed by atoms with Gasteiger partial charge in [0.05, 0.1) is 0 Å². The first-order valence-electron chi connectivity index (χ1n) is 4.32. The van der Waals surface area contributed by atoms with Crippen LogP contribution in [0.1, 0.15) is 5.56 Å². The van der Waals surface area contributed by atoms with Gasteiger partial charge in [0.2, 0.25) is 0 Å². The molecule has 14 heavy (non-hydrogen) atoms. The van der Waals surface area contributed by atoms with Gasteiger partial charge in [-0.2, -0.15) is 0 Å². The summed E-state index contributed by atoms with van der Waals surface area (Å²) in [6.07, 6.45) is 3.53. The van der Waals surface area contributed by atoms with Crippen LogP contribution in [0.15, 0.2) is 42.8 Å². The first kappa shape index (κ1) is 8.54. The molecule has 2 heteroatoms. The second kappa shape index (κ2) is 3.36. The van der Waals surface area contributed by atoms with Gasteiger partial charge in [-0.25, -0.2) is 4.98 Å². The van der Waals surface area contributed by atoms with Crippen molar-refractivity contribution in [3.05, 3.63) is 48.3 Å². The van der Waals surface area contributed by atoms with Crippen molar-refractivity contribution >= 4 is 22.7 Å². The van der Waals surface area contributed by atoms with Gasteiger partial charge >= 0.3 is 0 Å². The minimum absolute atomic E-state index is 0.557. The second-order valence-corrected chi connectivity index (χ2v) is 2.99. The molecule has 0 radical (unpaired) electrons. The van der Waals surface area contributed by atoms with E-state index in [9.17, 15) is 0 Å². The quantitative estimate of drug-likeness (QED) is 0.688. The van der Waals surface area contributed by atoms with Crippen molar-refractivity contribution in [2.45, 2.75) is 0 Å². The first-order chi connectivity index (χ1) is 6.83. The van der Waals surface area contributed by atoms with Crippen molar-refractivity contribution in [3.63, 3.8) is 0 Å². The lowest BCUT2D eigenvalue weighted by molar-refractivity contribution is 1.36. The smallest absolute Gasteiger partial charge is 0.131 e. The van der Waals surface area contributed by atoms with Gasteiger partial charge in [-0.15, -0.1) is 5.73 Å². The Hall–Kier alpha value is -2.05. The number of nitrogens with zero attached hydrogens (tertiary/aromatic N) is 1. The van der Waals surface area contributed by atoms with Crippen molar-refractivity contribution in [2.75, 3.05) is 5.73 Å². The zero-order valence-corrected chi connectivity index (χ0v) is 7.70. The average Bonchev–Trinajstić information content (AvgIpc) is 2.23. The molecule has 1 heterocycles. The lowest BCUT2D eigenvalue weighted by Crippen LogP contribution is -1.92. The molecular weight excluding hydrogens is 172 g/mol. The van der Waals surface area contributed by atoms with Crippen LogP contribution in [0.2, 0.25) is 0 Å². The Balaban J connectivity index is 2.88. The summed E-state index contributed by atoms with van der Waals surface area (Å²) in [6, 6.07) is 7.89. The van der Waals surface area contributed by atoms with Crippen LogP contribution >= 0.6 is 0 Å². The lowest BCUT2D eigenvalue weighted by Gasteiger charge is -2.03. The highest BCUT2D eigenvalue weighted by atomic mass is 14.8. The molecule has 2 rings (SSSR count). The minimum Gasteiger partial charge on any atom is -0.383 e. The molecule has 0 atom stereocenters. The number of rotatable bonds is 1. The number of hydrogen-bond acceptors (Lipinski definition) is 2. The SMILES string of the molecule is C=C=Cc1cnc(N)c2ccccc12. The molecule has 0 saturated heterocycles. The maximum atomic E-state index is 5.76. The first-order valence-corrected chi connectivity index (χ1v) is 4.32. The average molecular weight is 182 g/mol. The summed E-state index contributed by atoms with van der Waals surface area (Å²) >= 11 is 0. The van der Waals surface area contributed by atoms with Crippen molar-refractivity contribution in [1.29, 1.82) is 0 Å². The van der Waals surface area contributed by atoms with Crippen LogP contribution in [0.4, 0.5) is 5.82 Å². The highest BCUT2D eigenvalue weighted by Crippen LogP contribution is 2.22. The largest absolute Gasteiger partial charge is 0.383 e. The third kappa shape index (κ3) is 1.28. The van der Waals surface area contributed by atoms with E-state index in [0.717, 1.165) is 16.3 Å². The van der Waals surface area contributed by atoms with Crippen molar-refractivity contribution in [2.24, 2.45) is 0 Å².